The molecule has 1 aliphatic heterocycles. The first-order valence-corrected chi connectivity index (χ1v) is 7.94. The van der Waals surface area contributed by atoms with E-state index in [-0.39, 0.29) is 11.5 Å². The van der Waals surface area contributed by atoms with Crippen LogP contribution in [0.3, 0.4) is 0 Å². The van der Waals surface area contributed by atoms with Gasteiger partial charge in [0, 0.05) is 32.0 Å². The second-order valence-electron chi connectivity index (χ2n) is 6.71. The third kappa shape index (κ3) is 3.94. The number of hydrogen-bond acceptors (Lipinski definition) is 5. The topological polar surface area (TPSA) is 75.5 Å². The lowest BCUT2D eigenvalue weighted by atomic mass is 9.99. The second kappa shape index (κ2) is 6.20. The molecule has 2 heterocycles. The number of aromatic nitrogens is 2. The van der Waals surface area contributed by atoms with E-state index in [0.29, 0.717) is 12.4 Å². The molecule has 1 saturated carbocycles. The molecule has 1 aromatic rings. The van der Waals surface area contributed by atoms with Crippen molar-refractivity contribution in [1.29, 1.82) is 0 Å². The molecular weight excluding hydrogens is 282 g/mol. The Morgan fingerprint density at radius 1 is 1.36 bits per heavy atom. The number of carboxylic acids is 1. The Balaban J connectivity index is 1.44. The van der Waals surface area contributed by atoms with E-state index in [0.717, 1.165) is 50.9 Å². The van der Waals surface area contributed by atoms with Crippen LogP contribution >= 0.6 is 0 Å². The van der Waals surface area contributed by atoms with E-state index < -0.39 is 5.97 Å². The van der Waals surface area contributed by atoms with E-state index in [4.69, 9.17) is 9.84 Å². The minimum absolute atomic E-state index is 0.0413. The standard InChI is InChI=1S/C16H23N3O3/c1-12-9-17-15(18-10-12)22-13-2-6-19(7-3-13)11-16(4-5-16)8-14(20)21/h9-10,13H,2-8,11H2,1H3,(H,20,21). The molecule has 22 heavy (non-hydrogen) atoms. The molecule has 3 rings (SSSR count). The van der Waals surface area contributed by atoms with E-state index in [1.807, 2.05) is 6.92 Å². The van der Waals surface area contributed by atoms with Crippen LogP contribution in [0.1, 0.15) is 37.7 Å². The number of aliphatic carboxylic acids is 1. The molecule has 1 aromatic heterocycles. The Labute approximate surface area is 130 Å². The van der Waals surface area contributed by atoms with Gasteiger partial charge in [-0.15, -0.1) is 0 Å². The molecule has 2 aliphatic rings. The zero-order valence-electron chi connectivity index (χ0n) is 13.0. The van der Waals surface area contributed by atoms with Crippen LogP contribution in [-0.4, -0.2) is 51.7 Å². The first-order chi connectivity index (χ1) is 10.5. The van der Waals surface area contributed by atoms with E-state index in [9.17, 15) is 4.79 Å². The van der Waals surface area contributed by atoms with Gasteiger partial charge in [0.25, 0.3) is 0 Å². The summed E-state index contributed by atoms with van der Waals surface area (Å²) in [5.41, 5.74) is 1.06. The van der Waals surface area contributed by atoms with Crippen LogP contribution in [0, 0.1) is 12.3 Å². The van der Waals surface area contributed by atoms with Crippen LogP contribution in [0.15, 0.2) is 12.4 Å². The fourth-order valence-electron chi connectivity index (χ4n) is 3.14. The van der Waals surface area contributed by atoms with Gasteiger partial charge in [-0.2, -0.15) is 0 Å². The highest BCUT2D eigenvalue weighted by Gasteiger charge is 2.45. The van der Waals surface area contributed by atoms with Gasteiger partial charge in [-0.25, -0.2) is 9.97 Å². The zero-order chi connectivity index (χ0) is 15.6. The highest BCUT2D eigenvalue weighted by Crippen LogP contribution is 2.49. The smallest absolute Gasteiger partial charge is 0.316 e. The van der Waals surface area contributed by atoms with Gasteiger partial charge in [0.05, 0.1) is 6.42 Å². The first kappa shape index (κ1) is 15.2. The van der Waals surface area contributed by atoms with E-state index in [1.165, 1.54) is 0 Å². The summed E-state index contributed by atoms with van der Waals surface area (Å²) < 4.78 is 5.83. The highest BCUT2D eigenvalue weighted by molar-refractivity contribution is 5.68. The van der Waals surface area contributed by atoms with E-state index in [2.05, 4.69) is 14.9 Å². The molecule has 6 nitrogen and oxygen atoms in total. The van der Waals surface area contributed by atoms with Crippen molar-refractivity contribution in [3.8, 4) is 6.01 Å². The van der Waals surface area contributed by atoms with Gasteiger partial charge >= 0.3 is 12.0 Å². The fourth-order valence-corrected chi connectivity index (χ4v) is 3.14. The summed E-state index contributed by atoms with van der Waals surface area (Å²) in [5.74, 6) is -0.674. The quantitative estimate of drug-likeness (QED) is 0.865. The maximum atomic E-state index is 10.9. The van der Waals surface area contributed by atoms with E-state index in [1.54, 1.807) is 12.4 Å². The van der Waals surface area contributed by atoms with E-state index >= 15 is 0 Å². The largest absolute Gasteiger partial charge is 0.481 e. The van der Waals surface area contributed by atoms with Gasteiger partial charge < -0.3 is 14.7 Å². The molecule has 1 N–H and O–H groups in total. The summed E-state index contributed by atoms with van der Waals surface area (Å²) in [4.78, 5) is 21.7. The van der Waals surface area contributed by atoms with Crippen molar-refractivity contribution in [3.63, 3.8) is 0 Å². The summed E-state index contributed by atoms with van der Waals surface area (Å²) in [6, 6.07) is 0.452. The van der Waals surface area contributed by atoms with Crippen molar-refractivity contribution in [3.05, 3.63) is 18.0 Å². The molecule has 0 amide bonds. The lowest BCUT2D eigenvalue weighted by Gasteiger charge is -2.33. The maximum absolute atomic E-state index is 10.9. The molecule has 6 heteroatoms. The fraction of sp³-hybridized carbons (Fsp3) is 0.688. The number of carboxylic acid groups (broad SMARTS) is 1. The zero-order valence-corrected chi connectivity index (χ0v) is 13.0. The van der Waals surface area contributed by atoms with Crippen molar-refractivity contribution in [2.75, 3.05) is 19.6 Å². The molecule has 0 spiro atoms. The number of hydrogen-bond donors (Lipinski definition) is 1. The molecular formula is C16H23N3O3. The molecule has 120 valence electrons. The number of likely N-dealkylation sites (tertiary alicyclic amines) is 1. The summed E-state index contributed by atoms with van der Waals surface area (Å²) >= 11 is 0. The van der Waals surface area contributed by atoms with Crippen molar-refractivity contribution >= 4 is 5.97 Å². The van der Waals surface area contributed by atoms with Crippen molar-refractivity contribution in [2.45, 2.75) is 45.1 Å². The lowest BCUT2D eigenvalue weighted by Crippen LogP contribution is -2.41. The molecule has 0 aromatic carbocycles. The van der Waals surface area contributed by atoms with Gasteiger partial charge in [-0.05, 0) is 43.6 Å². The molecule has 1 saturated heterocycles. The predicted molar refractivity (Wildman–Crippen MR) is 80.8 cm³/mol. The molecule has 0 unspecified atom stereocenters. The van der Waals surface area contributed by atoms with Gasteiger partial charge in [0.2, 0.25) is 0 Å². The molecule has 0 bridgehead atoms. The van der Waals surface area contributed by atoms with Gasteiger partial charge in [-0.1, -0.05) is 0 Å². The number of piperidine rings is 1. The molecule has 2 fully saturated rings. The summed E-state index contributed by atoms with van der Waals surface area (Å²) in [6.45, 7) is 4.77. The Morgan fingerprint density at radius 2 is 2.00 bits per heavy atom. The average molecular weight is 305 g/mol. The minimum Gasteiger partial charge on any atom is -0.481 e. The van der Waals surface area contributed by atoms with Crippen molar-refractivity contribution in [1.82, 2.24) is 14.9 Å². The SMILES string of the molecule is Cc1cnc(OC2CCN(CC3(CC(=O)O)CC3)CC2)nc1. The Hall–Kier alpha value is -1.69. The summed E-state index contributed by atoms with van der Waals surface area (Å²) in [6.07, 6.45) is 7.98. The normalized spacial score (nSPS) is 21.5. The van der Waals surface area contributed by atoms with Crippen LogP contribution in [0.5, 0.6) is 6.01 Å². The van der Waals surface area contributed by atoms with Crippen LogP contribution in [-0.2, 0) is 4.79 Å². The van der Waals surface area contributed by atoms with Gasteiger partial charge in [-0.3, -0.25) is 4.79 Å². The molecule has 1 aliphatic carbocycles. The van der Waals surface area contributed by atoms with Gasteiger partial charge in [0.15, 0.2) is 0 Å². The average Bonchev–Trinajstić information content (AvgIpc) is 3.22. The predicted octanol–water partition coefficient (Wildman–Crippen LogP) is 1.88. The van der Waals surface area contributed by atoms with Crippen molar-refractivity contribution < 1.29 is 14.6 Å². The Morgan fingerprint density at radius 3 is 2.55 bits per heavy atom. The van der Waals surface area contributed by atoms with Crippen LogP contribution in [0.25, 0.3) is 0 Å². The highest BCUT2D eigenvalue weighted by atomic mass is 16.5. The number of nitrogens with zero attached hydrogens (tertiary/aromatic N) is 3. The number of rotatable bonds is 6. The second-order valence-corrected chi connectivity index (χ2v) is 6.71. The number of ether oxygens (including phenoxy) is 1. The lowest BCUT2D eigenvalue weighted by molar-refractivity contribution is -0.138. The Bertz CT molecular complexity index is 520. The van der Waals surface area contributed by atoms with Crippen molar-refractivity contribution in [2.24, 2.45) is 5.41 Å². The summed E-state index contributed by atoms with van der Waals surface area (Å²) in [5, 5.41) is 8.99. The molecule has 0 atom stereocenters. The van der Waals surface area contributed by atoms with Gasteiger partial charge in [0.1, 0.15) is 6.10 Å². The Kier molecular flexibility index (Phi) is 4.29. The van der Waals surface area contributed by atoms with Crippen LogP contribution in [0.4, 0.5) is 0 Å². The molecule has 0 radical (unpaired) electrons. The first-order valence-electron chi connectivity index (χ1n) is 7.94. The van der Waals surface area contributed by atoms with Crippen LogP contribution < -0.4 is 4.74 Å². The number of aryl methyl sites for hydroxylation is 1. The number of carbonyl (C=O) groups is 1. The maximum Gasteiger partial charge on any atom is 0.316 e. The van der Waals surface area contributed by atoms with Crippen LogP contribution in [0.2, 0.25) is 0 Å². The minimum atomic E-state index is -0.674. The monoisotopic (exact) mass is 305 g/mol. The third-order valence-corrected chi connectivity index (χ3v) is 4.61. The summed E-state index contributed by atoms with van der Waals surface area (Å²) in [7, 11) is 0. The third-order valence-electron chi connectivity index (χ3n) is 4.61.